The van der Waals surface area contributed by atoms with Crippen molar-refractivity contribution in [3.8, 4) is 11.5 Å². The van der Waals surface area contributed by atoms with Crippen molar-refractivity contribution in [1.29, 1.82) is 0 Å². The van der Waals surface area contributed by atoms with Crippen molar-refractivity contribution in [2.24, 2.45) is 4.40 Å². The first-order valence-electron chi connectivity index (χ1n) is 9.94. The number of hydrogen-bond acceptors (Lipinski definition) is 11. The van der Waals surface area contributed by atoms with Gasteiger partial charge in [-0.15, -0.1) is 4.40 Å². The fourth-order valence-corrected chi connectivity index (χ4v) is 8.20. The molecule has 1 aromatic heterocycles. The number of benzene rings is 2. The molecule has 5 rings (SSSR count). The number of thioether (sulfide) groups is 1. The number of amidine groups is 1. The van der Waals surface area contributed by atoms with E-state index in [0.717, 1.165) is 28.0 Å². The fourth-order valence-electron chi connectivity index (χ4n) is 3.51. The van der Waals surface area contributed by atoms with Crippen molar-refractivity contribution in [1.82, 2.24) is 4.98 Å². The highest BCUT2D eigenvalue weighted by Gasteiger charge is 2.45. The first-order valence-corrected chi connectivity index (χ1v) is 14.7. The number of anilines is 2. The Labute approximate surface area is 213 Å². The number of amides is 1. The Bertz CT molecular complexity index is 1710. The fraction of sp³-hybridized carbons (Fsp3) is 0.150. The molecule has 0 aliphatic carbocycles. The summed E-state index contributed by atoms with van der Waals surface area (Å²) in [5, 5.41) is 10.4. The predicted molar refractivity (Wildman–Crippen MR) is 136 cm³/mol. The zero-order valence-electron chi connectivity index (χ0n) is 18.5. The molecule has 0 spiro atoms. The van der Waals surface area contributed by atoms with Crippen molar-refractivity contribution in [3.05, 3.63) is 47.1 Å². The number of rotatable bonds is 6. The number of nitrogens with one attached hydrogen (secondary N) is 1. The van der Waals surface area contributed by atoms with Crippen LogP contribution in [0.3, 0.4) is 0 Å². The molecular weight excluding hydrogens is 553 g/mol. The summed E-state index contributed by atoms with van der Waals surface area (Å²) >= 11 is 1.95. The highest BCUT2D eigenvalue weighted by molar-refractivity contribution is 8.16. The van der Waals surface area contributed by atoms with Gasteiger partial charge in [-0.25, -0.2) is 13.4 Å². The standard InChI is InChI=1S/C20H16N4O8S4/c1-31-10-3-5-12-15(7-10)33-19(21-12)22-35(27,28)9-14(25)17-18(26)24-13-6-4-11(32-2)8-16(13)34-20(24)23-36(17,29)30/h3-8,25H,9H2,1-2H3,(H,21,22)/b17-14+. The Kier molecular flexibility index (Phi) is 5.85. The number of nitrogens with zero attached hydrogens (tertiary/aromatic N) is 3. The number of aromatic nitrogens is 1. The van der Waals surface area contributed by atoms with Crippen LogP contribution in [-0.2, 0) is 24.8 Å². The maximum atomic E-state index is 13.2. The van der Waals surface area contributed by atoms with E-state index in [4.69, 9.17) is 9.47 Å². The first kappa shape index (κ1) is 24.4. The zero-order valence-corrected chi connectivity index (χ0v) is 21.7. The molecule has 16 heteroatoms. The number of aliphatic hydroxyl groups excluding tert-OH is 1. The van der Waals surface area contributed by atoms with Crippen LogP contribution < -0.4 is 19.1 Å². The van der Waals surface area contributed by atoms with Gasteiger partial charge in [0.25, 0.3) is 15.9 Å². The van der Waals surface area contributed by atoms with Crippen LogP contribution in [0.15, 0.2) is 56.4 Å². The van der Waals surface area contributed by atoms with Crippen molar-refractivity contribution in [2.45, 2.75) is 4.90 Å². The molecule has 2 aliphatic rings. The summed E-state index contributed by atoms with van der Waals surface area (Å²) in [6, 6.07) is 9.70. The van der Waals surface area contributed by atoms with E-state index in [9.17, 15) is 26.7 Å². The molecule has 0 atom stereocenters. The van der Waals surface area contributed by atoms with Gasteiger partial charge in [-0.3, -0.25) is 14.4 Å². The second-order valence-corrected chi connectivity index (χ2v) is 12.7. The summed E-state index contributed by atoms with van der Waals surface area (Å²) in [7, 11) is -6.09. The van der Waals surface area contributed by atoms with E-state index in [2.05, 4.69) is 14.1 Å². The quantitative estimate of drug-likeness (QED) is 0.334. The summed E-state index contributed by atoms with van der Waals surface area (Å²) in [6.45, 7) is 0. The Morgan fingerprint density at radius 2 is 1.83 bits per heavy atom. The zero-order chi connectivity index (χ0) is 25.8. The smallest absolute Gasteiger partial charge is 0.293 e. The molecular formula is C20H16N4O8S4. The molecule has 0 radical (unpaired) electrons. The van der Waals surface area contributed by atoms with Crippen molar-refractivity contribution in [3.63, 3.8) is 0 Å². The number of ether oxygens (including phenoxy) is 2. The van der Waals surface area contributed by atoms with Crippen LogP contribution >= 0.6 is 23.1 Å². The van der Waals surface area contributed by atoms with Gasteiger partial charge < -0.3 is 14.6 Å². The van der Waals surface area contributed by atoms with Gasteiger partial charge in [-0.05, 0) is 48.2 Å². The number of carbonyl (C=O) groups excluding carboxylic acids is 1. The summed E-state index contributed by atoms with van der Waals surface area (Å²) in [5.41, 5.74) is 0.838. The second-order valence-electron chi connectivity index (χ2n) is 7.41. The van der Waals surface area contributed by atoms with E-state index >= 15 is 0 Å². The summed E-state index contributed by atoms with van der Waals surface area (Å²) in [5.74, 6) is -2.42. The molecule has 0 saturated heterocycles. The van der Waals surface area contributed by atoms with E-state index in [1.54, 1.807) is 30.3 Å². The maximum Gasteiger partial charge on any atom is 0.293 e. The van der Waals surface area contributed by atoms with Gasteiger partial charge in [0.15, 0.2) is 15.2 Å². The Morgan fingerprint density at radius 3 is 2.56 bits per heavy atom. The summed E-state index contributed by atoms with van der Waals surface area (Å²) < 4.78 is 67.7. The van der Waals surface area contributed by atoms with Gasteiger partial charge in [0.05, 0.1) is 30.1 Å². The minimum atomic E-state index is -4.68. The minimum Gasteiger partial charge on any atom is -0.509 e. The lowest BCUT2D eigenvalue weighted by atomic mass is 10.2. The summed E-state index contributed by atoms with van der Waals surface area (Å²) in [6.07, 6.45) is 0. The Hall–Kier alpha value is -3.34. The topological polar surface area (TPSA) is 165 Å². The van der Waals surface area contributed by atoms with Gasteiger partial charge in [0.1, 0.15) is 23.0 Å². The van der Waals surface area contributed by atoms with Crippen LogP contribution in [-0.4, -0.2) is 58.0 Å². The van der Waals surface area contributed by atoms with Crippen LogP contribution in [0.5, 0.6) is 11.5 Å². The number of carbonyl (C=O) groups is 1. The molecule has 2 aliphatic heterocycles. The highest BCUT2D eigenvalue weighted by atomic mass is 32.2. The molecule has 0 fully saturated rings. The largest absolute Gasteiger partial charge is 0.509 e. The number of fused-ring (bicyclic) bond motifs is 4. The SMILES string of the molecule is COc1ccc2c(c1)SC1=NS(=O)(=O)/C(=C(/O)CS(=O)(=O)Nc3nc4ccc(OC)cc4s3)C(=O)N12. The molecule has 0 bridgehead atoms. The van der Waals surface area contributed by atoms with Crippen LogP contribution in [0, 0.1) is 0 Å². The number of aliphatic hydroxyl groups is 1. The molecule has 3 aromatic rings. The molecule has 2 aromatic carbocycles. The minimum absolute atomic E-state index is 0.00648. The van der Waals surface area contributed by atoms with Crippen LogP contribution in [0.2, 0.25) is 0 Å². The molecule has 2 N–H and O–H groups in total. The molecule has 12 nitrogen and oxygen atoms in total. The molecule has 3 heterocycles. The Morgan fingerprint density at radius 1 is 1.14 bits per heavy atom. The average molecular weight is 569 g/mol. The van der Waals surface area contributed by atoms with E-state index < -0.39 is 42.4 Å². The lowest BCUT2D eigenvalue weighted by Crippen LogP contribution is -2.41. The number of methoxy groups -OCH3 is 2. The van der Waals surface area contributed by atoms with Gasteiger partial charge in [-0.1, -0.05) is 11.3 Å². The molecule has 0 saturated carbocycles. The van der Waals surface area contributed by atoms with Gasteiger partial charge in [0.2, 0.25) is 10.0 Å². The van der Waals surface area contributed by atoms with Crippen LogP contribution in [0.4, 0.5) is 10.8 Å². The third-order valence-electron chi connectivity index (χ3n) is 5.08. The normalized spacial score (nSPS) is 17.9. The van der Waals surface area contributed by atoms with Crippen LogP contribution in [0.1, 0.15) is 0 Å². The van der Waals surface area contributed by atoms with Crippen LogP contribution in [0.25, 0.3) is 10.2 Å². The predicted octanol–water partition coefficient (Wildman–Crippen LogP) is 2.66. The molecule has 1 amide bonds. The van der Waals surface area contributed by atoms with Gasteiger partial charge >= 0.3 is 0 Å². The van der Waals surface area contributed by atoms with E-state index in [0.29, 0.717) is 32.3 Å². The third kappa shape index (κ3) is 4.25. The maximum absolute atomic E-state index is 13.2. The van der Waals surface area contributed by atoms with Gasteiger partial charge in [0, 0.05) is 4.90 Å². The lowest BCUT2D eigenvalue weighted by Gasteiger charge is -2.23. The average Bonchev–Trinajstić information content (AvgIpc) is 3.35. The lowest BCUT2D eigenvalue weighted by molar-refractivity contribution is -0.113. The number of thiazole rings is 1. The van der Waals surface area contributed by atoms with Gasteiger partial charge in [-0.2, -0.15) is 8.42 Å². The molecule has 0 unspecified atom stereocenters. The third-order valence-corrected chi connectivity index (χ3v) is 9.76. The second kappa shape index (κ2) is 8.65. The molecule has 188 valence electrons. The first-order chi connectivity index (χ1) is 17.0. The van der Waals surface area contributed by atoms with E-state index in [-0.39, 0.29) is 10.3 Å². The van der Waals surface area contributed by atoms with E-state index in [1.165, 1.54) is 20.3 Å². The Balaban J connectivity index is 1.46. The number of hydrogen-bond donors (Lipinski definition) is 2. The monoisotopic (exact) mass is 568 g/mol. The summed E-state index contributed by atoms with van der Waals surface area (Å²) in [4.78, 5) is 17.7. The van der Waals surface area contributed by atoms with Crippen molar-refractivity contribution in [2.75, 3.05) is 29.6 Å². The molecule has 36 heavy (non-hydrogen) atoms. The number of sulfonamides is 2. The van der Waals surface area contributed by atoms with Crippen molar-refractivity contribution < 1.29 is 36.2 Å². The highest BCUT2D eigenvalue weighted by Crippen LogP contribution is 2.45. The van der Waals surface area contributed by atoms with Crippen molar-refractivity contribution >= 4 is 75.3 Å². The van der Waals surface area contributed by atoms with E-state index in [1.807, 2.05) is 0 Å².